The minimum absolute atomic E-state index is 0.339. The quantitative estimate of drug-likeness (QED) is 0.805. The molecule has 0 atom stereocenters. The summed E-state index contributed by atoms with van der Waals surface area (Å²) in [7, 11) is 0. The highest BCUT2D eigenvalue weighted by Crippen LogP contribution is 2.13. The van der Waals surface area contributed by atoms with Gasteiger partial charge in [-0.25, -0.2) is 0 Å². The second-order valence-corrected chi connectivity index (χ2v) is 7.04. The minimum atomic E-state index is 0.339. The lowest BCUT2D eigenvalue weighted by molar-refractivity contribution is -0.133. The Labute approximate surface area is 126 Å². The molecule has 0 aromatic carbocycles. The van der Waals surface area contributed by atoms with Crippen LogP contribution in [0.15, 0.2) is 17.5 Å². The molecule has 1 aliphatic rings. The van der Waals surface area contributed by atoms with Crippen LogP contribution in [0.2, 0.25) is 0 Å². The van der Waals surface area contributed by atoms with Crippen molar-refractivity contribution >= 4 is 17.2 Å². The van der Waals surface area contributed by atoms with E-state index in [0.29, 0.717) is 18.2 Å². The van der Waals surface area contributed by atoms with E-state index in [9.17, 15) is 4.79 Å². The zero-order valence-corrected chi connectivity index (χ0v) is 13.5. The standard InChI is InChI=1S/C16H26N2OS/c1-14(2)13-17-8-10-18(11-9-17)16(19)7-3-5-15-6-4-12-20-15/h4,6,12,14H,3,5,7-11,13H2,1-2H3. The van der Waals surface area contributed by atoms with Crippen molar-refractivity contribution < 1.29 is 4.79 Å². The molecule has 0 aliphatic carbocycles. The zero-order chi connectivity index (χ0) is 14.4. The Morgan fingerprint density at radius 1 is 1.30 bits per heavy atom. The number of piperazine rings is 1. The molecule has 0 spiro atoms. The highest BCUT2D eigenvalue weighted by molar-refractivity contribution is 7.09. The fourth-order valence-electron chi connectivity index (χ4n) is 2.72. The van der Waals surface area contributed by atoms with Crippen LogP contribution in [0.3, 0.4) is 0 Å². The maximum atomic E-state index is 12.2. The van der Waals surface area contributed by atoms with Gasteiger partial charge in [0.1, 0.15) is 0 Å². The van der Waals surface area contributed by atoms with E-state index in [0.717, 1.165) is 45.6 Å². The van der Waals surface area contributed by atoms with Crippen molar-refractivity contribution in [1.29, 1.82) is 0 Å². The predicted octanol–water partition coefficient (Wildman–Crippen LogP) is 2.87. The molecule has 1 aromatic rings. The van der Waals surface area contributed by atoms with Crippen molar-refractivity contribution in [3.8, 4) is 0 Å². The van der Waals surface area contributed by atoms with Gasteiger partial charge in [-0.1, -0.05) is 19.9 Å². The first-order valence-electron chi connectivity index (χ1n) is 7.67. The Hall–Kier alpha value is -0.870. The molecule has 112 valence electrons. The summed E-state index contributed by atoms with van der Waals surface area (Å²) in [6, 6.07) is 4.23. The van der Waals surface area contributed by atoms with Crippen LogP contribution >= 0.6 is 11.3 Å². The van der Waals surface area contributed by atoms with Crippen LogP contribution in [-0.2, 0) is 11.2 Å². The van der Waals surface area contributed by atoms with Crippen LogP contribution in [0.4, 0.5) is 0 Å². The third kappa shape index (κ3) is 4.91. The van der Waals surface area contributed by atoms with Crippen LogP contribution in [0.25, 0.3) is 0 Å². The van der Waals surface area contributed by atoms with E-state index in [1.165, 1.54) is 4.88 Å². The normalized spacial score (nSPS) is 16.9. The summed E-state index contributed by atoms with van der Waals surface area (Å²) in [5, 5.41) is 2.10. The molecular formula is C16H26N2OS. The number of nitrogens with zero attached hydrogens (tertiary/aromatic N) is 2. The molecule has 1 fully saturated rings. The average molecular weight is 294 g/mol. The molecule has 1 aromatic heterocycles. The maximum Gasteiger partial charge on any atom is 0.222 e. The van der Waals surface area contributed by atoms with E-state index in [1.54, 1.807) is 11.3 Å². The number of carbonyl (C=O) groups excluding carboxylic acids is 1. The van der Waals surface area contributed by atoms with Gasteiger partial charge < -0.3 is 4.90 Å². The lowest BCUT2D eigenvalue weighted by Gasteiger charge is -2.35. The van der Waals surface area contributed by atoms with Gasteiger partial charge in [0.05, 0.1) is 0 Å². The number of rotatable bonds is 6. The largest absolute Gasteiger partial charge is 0.340 e. The topological polar surface area (TPSA) is 23.6 Å². The molecule has 0 unspecified atom stereocenters. The fraction of sp³-hybridized carbons (Fsp3) is 0.688. The lowest BCUT2D eigenvalue weighted by Crippen LogP contribution is -2.49. The number of thiophene rings is 1. The molecule has 4 heteroatoms. The first-order valence-corrected chi connectivity index (χ1v) is 8.55. The van der Waals surface area contributed by atoms with Crippen molar-refractivity contribution in [3.05, 3.63) is 22.4 Å². The van der Waals surface area contributed by atoms with E-state index in [4.69, 9.17) is 0 Å². The van der Waals surface area contributed by atoms with Gasteiger partial charge in [0.15, 0.2) is 0 Å². The molecule has 2 rings (SSSR count). The zero-order valence-electron chi connectivity index (χ0n) is 12.7. The van der Waals surface area contributed by atoms with Crippen molar-refractivity contribution in [2.75, 3.05) is 32.7 Å². The summed E-state index contributed by atoms with van der Waals surface area (Å²) in [6.45, 7) is 9.55. The summed E-state index contributed by atoms with van der Waals surface area (Å²) in [5.74, 6) is 1.05. The third-order valence-corrected chi connectivity index (χ3v) is 4.68. The molecule has 2 heterocycles. The summed E-state index contributed by atoms with van der Waals surface area (Å²) in [5.41, 5.74) is 0. The molecule has 1 amide bonds. The van der Waals surface area contributed by atoms with Crippen LogP contribution in [0.5, 0.6) is 0 Å². The molecule has 1 saturated heterocycles. The summed E-state index contributed by atoms with van der Waals surface area (Å²) < 4.78 is 0. The van der Waals surface area contributed by atoms with E-state index in [1.807, 2.05) is 4.90 Å². The average Bonchev–Trinajstić information content (AvgIpc) is 2.92. The fourth-order valence-corrected chi connectivity index (χ4v) is 3.47. The molecule has 0 saturated carbocycles. The van der Waals surface area contributed by atoms with Crippen molar-refractivity contribution in [1.82, 2.24) is 9.80 Å². The van der Waals surface area contributed by atoms with E-state index in [2.05, 4.69) is 36.3 Å². The predicted molar refractivity (Wildman–Crippen MR) is 85.1 cm³/mol. The van der Waals surface area contributed by atoms with Crippen LogP contribution in [0, 0.1) is 5.92 Å². The van der Waals surface area contributed by atoms with Gasteiger partial charge in [0.25, 0.3) is 0 Å². The summed E-state index contributed by atoms with van der Waals surface area (Å²) >= 11 is 1.78. The highest BCUT2D eigenvalue weighted by Gasteiger charge is 2.20. The van der Waals surface area contributed by atoms with Crippen molar-refractivity contribution in [2.45, 2.75) is 33.1 Å². The second kappa shape index (κ2) is 7.79. The van der Waals surface area contributed by atoms with Gasteiger partial charge in [-0.15, -0.1) is 11.3 Å². The number of carbonyl (C=O) groups is 1. The van der Waals surface area contributed by atoms with Crippen LogP contribution in [0.1, 0.15) is 31.6 Å². The molecule has 1 aliphatic heterocycles. The van der Waals surface area contributed by atoms with Crippen LogP contribution in [-0.4, -0.2) is 48.4 Å². The first-order chi connectivity index (χ1) is 9.65. The Morgan fingerprint density at radius 2 is 2.05 bits per heavy atom. The monoisotopic (exact) mass is 294 g/mol. The minimum Gasteiger partial charge on any atom is -0.340 e. The number of amides is 1. The van der Waals surface area contributed by atoms with Gasteiger partial charge in [-0.2, -0.15) is 0 Å². The number of hydrogen-bond donors (Lipinski definition) is 0. The molecule has 0 bridgehead atoms. The van der Waals surface area contributed by atoms with Gasteiger partial charge in [0, 0.05) is 44.0 Å². The van der Waals surface area contributed by atoms with E-state index in [-0.39, 0.29) is 0 Å². The Balaban J connectivity index is 1.64. The number of aryl methyl sites for hydroxylation is 1. The smallest absolute Gasteiger partial charge is 0.222 e. The van der Waals surface area contributed by atoms with Gasteiger partial charge in [-0.05, 0) is 30.2 Å². The molecule has 0 radical (unpaired) electrons. The molecular weight excluding hydrogens is 268 g/mol. The van der Waals surface area contributed by atoms with E-state index >= 15 is 0 Å². The SMILES string of the molecule is CC(C)CN1CCN(C(=O)CCCc2cccs2)CC1. The molecule has 20 heavy (non-hydrogen) atoms. The Bertz CT molecular complexity index is 395. The van der Waals surface area contributed by atoms with E-state index < -0.39 is 0 Å². The van der Waals surface area contributed by atoms with Gasteiger partial charge >= 0.3 is 0 Å². The Kier molecular flexibility index (Phi) is 6.05. The first kappa shape index (κ1) is 15.5. The highest BCUT2D eigenvalue weighted by atomic mass is 32.1. The van der Waals surface area contributed by atoms with Crippen molar-refractivity contribution in [3.63, 3.8) is 0 Å². The summed E-state index contributed by atoms with van der Waals surface area (Å²) in [4.78, 5) is 18.1. The Morgan fingerprint density at radius 3 is 2.65 bits per heavy atom. The lowest BCUT2D eigenvalue weighted by atomic mass is 10.1. The van der Waals surface area contributed by atoms with Crippen LogP contribution < -0.4 is 0 Å². The maximum absolute atomic E-state index is 12.2. The summed E-state index contributed by atoms with van der Waals surface area (Å²) in [6.07, 6.45) is 2.71. The van der Waals surface area contributed by atoms with Gasteiger partial charge in [0.2, 0.25) is 5.91 Å². The van der Waals surface area contributed by atoms with Crippen molar-refractivity contribution in [2.24, 2.45) is 5.92 Å². The molecule has 0 N–H and O–H groups in total. The second-order valence-electron chi connectivity index (χ2n) is 6.01. The molecule has 3 nitrogen and oxygen atoms in total. The number of hydrogen-bond acceptors (Lipinski definition) is 3. The van der Waals surface area contributed by atoms with Gasteiger partial charge in [-0.3, -0.25) is 9.69 Å². The third-order valence-electron chi connectivity index (χ3n) is 3.74.